The van der Waals surface area contributed by atoms with Crippen molar-refractivity contribution in [2.45, 2.75) is 31.8 Å². The summed E-state index contributed by atoms with van der Waals surface area (Å²) in [6.07, 6.45) is 3.43. The topological polar surface area (TPSA) is 39.1 Å². The standard InChI is InChI=1S/C15H20FN3/c1-19(14-3-2-7-18-8-6-14)11-13-5-4-12(10-17)9-15(13)16/h4-5,9,14,18H,2-3,6-8,11H2,1H3. The highest BCUT2D eigenvalue weighted by molar-refractivity contribution is 5.32. The van der Waals surface area contributed by atoms with Gasteiger partial charge in [0.1, 0.15) is 5.82 Å². The molecule has 19 heavy (non-hydrogen) atoms. The number of nitrogens with zero attached hydrogens (tertiary/aromatic N) is 2. The van der Waals surface area contributed by atoms with Crippen LogP contribution in [0.25, 0.3) is 0 Å². The van der Waals surface area contributed by atoms with Gasteiger partial charge >= 0.3 is 0 Å². The van der Waals surface area contributed by atoms with Crippen LogP contribution in [0.1, 0.15) is 30.4 Å². The van der Waals surface area contributed by atoms with Crippen LogP contribution in [0.4, 0.5) is 4.39 Å². The Morgan fingerprint density at radius 3 is 3.00 bits per heavy atom. The lowest BCUT2D eigenvalue weighted by Gasteiger charge is -2.27. The number of hydrogen-bond acceptors (Lipinski definition) is 3. The molecule has 0 amide bonds. The van der Waals surface area contributed by atoms with Crippen LogP contribution in [0.2, 0.25) is 0 Å². The molecule has 1 unspecified atom stereocenters. The Morgan fingerprint density at radius 1 is 1.42 bits per heavy atom. The molecule has 1 atom stereocenters. The van der Waals surface area contributed by atoms with Crippen LogP contribution < -0.4 is 5.32 Å². The Hall–Kier alpha value is -1.44. The normalized spacial score (nSPS) is 20.0. The van der Waals surface area contributed by atoms with E-state index in [0.717, 1.165) is 25.9 Å². The predicted molar refractivity (Wildman–Crippen MR) is 73.1 cm³/mol. The van der Waals surface area contributed by atoms with Crippen molar-refractivity contribution < 1.29 is 4.39 Å². The third-order valence-corrected chi connectivity index (χ3v) is 3.77. The third kappa shape index (κ3) is 3.76. The van der Waals surface area contributed by atoms with E-state index in [1.54, 1.807) is 12.1 Å². The Kier molecular flexibility index (Phi) is 4.89. The van der Waals surface area contributed by atoms with Crippen LogP contribution in [-0.4, -0.2) is 31.1 Å². The van der Waals surface area contributed by atoms with Crippen LogP contribution in [0, 0.1) is 17.1 Å². The molecule has 1 fully saturated rings. The zero-order chi connectivity index (χ0) is 13.7. The lowest BCUT2D eigenvalue weighted by atomic mass is 10.1. The van der Waals surface area contributed by atoms with Gasteiger partial charge in [-0.05, 0) is 51.5 Å². The van der Waals surface area contributed by atoms with Crippen LogP contribution in [-0.2, 0) is 6.54 Å². The Labute approximate surface area is 114 Å². The summed E-state index contributed by atoms with van der Waals surface area (Å²) < 4.78 is 13.9. The summed E-state index contributed by atoms with van der Waals surface area (Å²) in [5.41, 5.74) is 1.04. The molecule has 1 heterocycles. The van der Waals surface area contributed by atoms with E-state index in [2.05, 4.69) is 10.2 Å². The van der Waals surface area contributed by atoms with Gasteiger partial charge in [-0.3, -0.25) is 4.90 Å². The molecule has 2 rings (SSSR count). The van der Waals surface area contributed by atoms with Crippen molar-refractivity contribution in [3.63, 3.8) is 0 Å². The second kappa shape index (κ2) is 6.65. The van der Waals surface area contributed by atoms with Gasteiger partial charge in [0.2, 0.25) is 0 Å². The van der Waals surface area contributed by atoms with Crippen molar-refractivity contribution in [3.8, 4) is 6.07 Å². The summed E-state index contributed by atoms with van der Waals surface area (Å²) in [6.45, 7) is 2.71. The molecule has 1 N–H and O–H groups in total. The molecule has 3 nitrogen and oxygen atoms in total. The fourth-order valence-corrected chi connectivity index (χ4v) is 2.58. The Balaban J connectivity index is 2.01. The van der Waals surface area contributed by atoms with Gasteiger partial charge in [-0.15, -0.1) is 0 Å². The van der Waals surface area contributed by atoms with Gasteiger partial charge in [0.25, 0.3) is 0 Å². The minimum atomic E-state index is -0.280. The number of rotatable bonds is 3. The summed E-state index contributed by atoms with van der Waals surface area (Å²) in [4.78, 5) is 2.22. The van der Waals surface area contributed by atoms with E-state index >= 15 is 0 Å². The molecular formula is C15H20FN3. The summed E-state index contributed by atoms with van der Waals surface area (Å²) in [7, 11) is 2.05. The highest BCUT2D eigenvalue weighted by Crippen LogP contribution is 2.17. The van der Waals surface area contributed by atoms with Crippen molar-refractivity contribution in [2.24, 2.45) is 0 Å². The molecule has 1 aliphatic heterocycles. The molecule has 1 aliphatic rings. The third-order valence-electron chi connectivity index (χ3n) is 3.77. The number of nitrogens with one attached hydrogen (secondary N) is 1. The minimum absolute atomic E-state index is 0.280. The minimum Gasteiger partial charge on any atom is -0.317 e. The first kappa shape index (κ1) is 14.0. The van der Waals surface area contributed by atoms with Crippen molar-refractivity contribution >= 4 is 0 Å². The van der Waals surface area contributed by atoms with Gasteiger partial charge in [0.05, 0.1) is 11.6 Å². The lowest BCUT2D eigenvalue weighted by Crippen LogP contribution is -2.32. The zero-order valence-electron chi connectivity index (χ0n) is 11.3. The molecule has 0 aromatic heterocycles. The van der Waals surface area contributed by atoms with Gasteiger partial charge in [0.15, 0.2) is 0 Å². The molecular weight excluding hydrogens is 241 g/mol. The van der Waals surface area contributed by atoms with E-state index in [1.165, 1.54) is 12.5 Å². The zero-order valence-corrected chi connectivity index (χ0v) is 11.3. The maximum Gasteiger partial charge on any atom is 0.129 e. The Morgan fingerprint density at radius 2 is 2.26 bits per heavy atom. The molecule has 1 saturated heterocycles. The van der Waals surface area contributed by atoms with Gasteiger partial charge < -0.3 is 5.32 Å². The van der Waals surface area contributed by atoms with Gasteiger partial charge in [-0.25, -0.2) is 4.39 Å². The summed E-state index contributed by atoms with van der Waals surface area (Å²) in [5, 5.41) is 12.1. The van der Waals surface area contributed by atoms with Crippen LogP contribution >= 0.6 is 0 Å². The van der Waals surface area contributed by atoms with Crippen molar-refractivity contribution in [3.05, 3.63) is 35.1 Å². The quantitative estimate of drug-likeness (QED) is 0.907. The molecule has 102 valence electrons. The monoisotopic (exact) mass is 261 g/mol. The van der Waals surface area contributed by atoms with E-state index < -0.39 is 0 Å². The van der Waals surface area contributed by atoms with E-state index in [4.69, 9.17) is 5.26 Å². The lowest BCUT2D eigenvalue weighted by molar-refractivity contribution is 0.214. The molecule has 0 bridgehead atoms. The summed E-state index contributed by atoms with van der Waals surface area (Å²) >= 11 is 0. The Bertz CT molecular complexity index is 459. The summed E-state index contributed by atoms with van der Waals surface area (Å²) in [5.74, 6) is -0.280. The molecule has 0 radical (unpaired) electrons. The number of halogens is 1. The van der Waals surface area contributed by atoms with Crippen molar-refractivity contribution in [1.29, 1.82) is 5.26 Å². The SMILES string of the molecule is CN(Cc1ccc(C#N)cc1F)C1CCCNCC1. The molecule has 4 heteroatoms. The predicted octanol–water partition coefficient (Wildman–Crippen LogP) is 2.27. The van der Waals surface area contributed by atoms with E-state index in [0.29, 0.717) is 23.7 Å². The largest absolute Gasteiger partial charge is 0.317 e. The van der Waals surface area contributed by atoms with Gasteiger partial charge in [-0.2, -0.15) is 5.26 Å². The first-order valence-electron chi connectivity index (χ1n) is 6.80. The van der Waals surface area contributed by atoms with Crippen LogP contribution in [0.15, 0.2) is 18.2 Å². The molecule has 0 aliphatic carbocycles. The van der Waals surface area contributed by atoms with E-state index in [9.17, 15) is 4.39 Å². The molecule has 1 aromatic rings. The second-order valence-corrected chi connectivity index (χ2v) is 5.17. The number of nitriles is 1. The molecule has 0 spiro atoms. The average molecular weight is 261 g/mol. The highest BCUT2D eigenvalue weighted by atomic mass is 19.1. The van der Waals surface area contributed by atoms with Gasteiger partial charge in [-0.1, -0.05) is 6.07 Å². The smallest absolute Gasteiger partial charge is 0.129 e. The number of benzene rings is 1. The average Bonchev–Trinajstić information content (AvgIpc) is 2.70. The van der Waals surface area contributed by atoms with E-state index in [-0.39, 0.29) is 5.82 Å². The fraction of sp³-hybridized carbons (Fsp3) is 0.533. The van der Waals surface area contributed by atoms with Gasteiger partial charge in [0, 0.05) is 18.2 Å². The first-order chi connectivity index (χ1) is 9.20. The highest BCUT2D eigenvalue weighted by Gasteiger charge is 2.17. The first-order valence-corrected chi connectivity index (χ1v) is 6.80. The maximum absolute atomic E-state index is 13.9. The maximum atomic E-state index is 13.9. The van der Waals surface area contributed by atoms with E-state index in [1.807, 2.05) is 13.1 Å². The fourth-order valence-electron chi connectivity index (χ4n) is 2.58. The van der Waals surface area contributed by atoms with Crippen molar-refractivity contribution in [1.82, 2.24) is 10.2 Å². The van der Waals surface area contributed by atoms with Crippen LogP contribution in [0.3, 0.4) is 0 Å². The molecule has 1 aromatic carbocycles. The van der Waals surface area contributed by atoms with Crippen LogP contribution in [0.5, 0.6) is 0 Å². The second-order valence-electron chi connectivity index (χ2n) is 5.17. The van der Waals surface area contributed by atoms with Crippen molar-refractivity contribution in [2.75, 3.05) is 20.1 Å². The molecule has 0 saturated carbocycles. The number of hydrogen-bond donors (Lipinski definition) is 1. The summed E-state index contributed by atoms with van der Waals surface area (Å²) in [6, 6.07) is 7.18.